The van der Waals surface area contributed by atoms with Crippen LogP contribution in [0.25, 0.3) is 17.2 Å². The number of benzene rings is 1. The van der Waals surface area contributed by atoms with Crippen LogP contribution >= 0.6 is 0 Å². The minimum absolute atomic E-state index is 0.893. The van der Waals surface area contributed by atoms with Crippen molar-refractivity contribution in [3.05, 3.63) is 65.6 Å². The van der Waals surface area contributed by atoms with E-state index in [-0.39, 0.29) is 0 Å². The van der Waals surface area contributed by atoms with E-state index < -0.39 is 0 Å². The van der Waals surface area contributed by atoms with Gasteiger partial charge in [0, 0.05) is 37.1 Å². The minimum atomic E-state index is 0.893. The topological polar surface area (TPSA) is 28.5 Å². The van der Waals surface area contributed by atoms with Crippen molar-refractivity contribution in [3.63, 3.8) is 0 Å². The zero-order chi connectivity index (χ0) is 18.7. The molecule has 0 saturated carbocycles. The molecule has 3 nitrogen and oxygen atoms in total. The third-order valence-electron chi connectivity index (χ3n) is 4.98. The van der Waals surface area contributed by atoms with Crippen LogP contribution in [0.5, 0.6) is 0 Å². The Morgan fingerprint density at radius 3 is 2.81 bits per heavy atom. The smallest absolute Gasteiger partial charge is 0.107 e. The van der Waals surface area contributed by atoms with E-state index in [2.05, 4.69) is 72.6 Å². The molecule has 0 saturated heterocycles. The molecule has 3 heteroatoms. The number of nitrogens with zero attached hydrogens (tertiary/aromatic N) is 3. The predicted octanol–water partition coefficient (Wildman–Crippen LogP) is 5.79. The molecule has 1 aromatic carbocycles. The first-order chi connectivity index (χ1) is 12.6. The van der Waals surface area contributed by atoms with Crippen molar-refractivity contribution in [2.45, 2.75) is 40.0 Å². The molecule has 1 aliphatic rings. The number of aliphatic imine (C=N–C) groups is 1. The summed E-state index contributed by atoms with van der Waals surface area (Å²) in [5, 5.41) is 0. The summed E-state index contributed by atoms with van der Waals surface area (Å²) < 4.78 is 0. The predicted molar refractivity (Wildman–Crippen MR) is 113 cm³/mol. The van der Waals surface area contributed by atoms with E-state index in [1.165, 1.54) is 33.5 Å². The molecule has 26 heavy (non-hydrogen) atoms. The van der Waals surface area contributed by atoms with Gasteiger partial charge in [-0.05, 0) is 61.1 Å². The van der Waals surface area contributed by atoms with E-state index in [0.717, 1.165) is 30.8 Å². The number of pyridine rings is 1. The number of rotatable bonds is 3. The van der Waals surface area contributed by atoms with Crippen molar-refractivity contribution in [3.8, 4) is 11.1 Å². The van der Waals surface area contributed by atoms with Gasteiger partial charge in [0.25, 0.3) is 0 Å². The maximum Gasteiger partial charge on any atom is 0.107 e. The van der Waals surface area contributed by atoms with Crippen LogP contribution in [0.3, 0.4) is 0 Å². The average Bonchev–Trinajstić information content (AvgIpc) is 2.65. The van der Waals surface area contributed by atoms with Gasteiger partial charge in [-0.25, -0.2) is 0 Å². The van der Waals surface area contributed by atoms with E-state index in [0.29, 0.717) is 0 Å². The van der Waals surface area contributed by atoms with Crippen LogP contribution in [0, 0.1) is 6.92 Å². The van der Waals surface area contributed by atoms with Gasteiger partial charge in [-0.3, -0.25) is 9.98 Å². The molecule has 2 aromatic rings. The van der Waals surface area contributed by atoms with Gasteiger partial charge in [-0.15, -0.1) is 0 Å². The molecule has 0 spiro atoms. The summed E-state index contributed by atoms with van der Waals surface area (Å²) in [6.07, 6.45) is 11.0. The molecule has 0 amide bonds. The Hall–Kier alpha value is -2.68. The molecular weight excluding hydrogens is 318 g/mol. The van der Waals surface area contributed by atoms with Gasteiger partial charge < -0.3 is 4.90 Å². The number of aromatic nitrogens is 1. The lowest BCUT2D eigenvalue weighted by Crippen LogP contribution is -2.33. The summed E-state index contributed by atoms with van der Waals surface area (Å²) in [5.41, 5.74) is 8.51. The Morgan fingerprint density at radius 2 is 2.12 bits per heavy atom. The van der Waals surface area contributed by atoms with Crippen molar-refractivity contribution < 1.29 is 0 Å². The van der Waals surface area contributed by atoms with Gasteiger partial charge in [-0.1, -0.05) is 31.7 Å². The Kier molecular flexibility index (Phi) is 5.36. The largest absolute Gasteiger partial charge is 0.303 e. The second kappa shape index (κ2) is 7.69. The number of anilines is 1. The molecule has 0 atom stereocenters. The van der Waals surface area contributed by atoms with E-state index in [1.807, 2.05) is 19.4 Å². The highest BCUT2D eigenvalue weighted by atomic mass is 15.2. The van der Waals surface area contributed by atoms with E-state index in [4.69, 9.17) is 0 Å². The van der Waals surface area contributed by atoms with Crippen molar-refractivity contribution in [2.24, 2.45) is 4.99 Å². The van der Waals surface area contributed by atoms with Crippen LogP contribution in [-0.2, 0) is 6.42 Å². The van der Waals surface area contributed by atoms with Gasteiger partial charge in [0.05, 0.1) is 5.69 Å². The zero-order valence-corrected chi connectivity index (χ0v) is 16.2. The fraction of sp³-hybridized carbons (Fsp3) is 0.304. The number of hydrogen-bond acceptors (Lipinski definition) is 2. The first-order valence-electron chi connectivity index (χ1n) is 9.24. The molecule has 0 radical (unpaired) electrons. The summed E-state index contributed by atoms with van der Waals surface area (Å²) in [6.45, 7) is 10.6. The van der Waals surface area contributed by atoms with Crippen LogP contribution in [0.4, 0.5) is 5.69 Å². The van der Waals surface area contributed by atoms with Gasteiger partial charge in [-0.2, -0.15) is 0 Å². The first kappa shape index (κ1) is 18.1. The summed E-state index contributed by atoms with van der Waals surface area (Å²) in [5.74, 6) is 1.07. The molecule has 0 fully saturated rings. The molecule has 1 aliphatic heterocycles. The normalized spacial score (nSPS) is 14.8. The molecule has 0 unspecified atom stereocenters. The molecule has 1 aromatic heterocycles. The maximum atomic E-state index is 4.47. The molecule has 134 valence electrons. The van der Waals surface area contributed by atoms with E-state index in [9.17, 15) is 0 Å². The zero-order valence-electron chi connectivity index (χ0n) is 16.2. The number of amidine groups is 1. The highest BCUT2D eigenvalue weighted by Gasteiger charge is 2.23. The van der Waals surface area contributed by atoms with Crippen LogP contribution in [-0.4, -0.2) is 17.9 Å². The van der Waals surface area contributed by atoms with Crippen LogP contribution in [0.1, 0.15) is 43.4 Å². The molecular formula is C23H27N3. The molecule has 0 bridgehead atoms. The Labute approximate surface area is 156 Å². The van der Waals surface area contributed by atoms with Gasteiger partial charge in [0.15, 0.2) is 0 Å². The van der Waals surface area contributed by atoms with E-state index >= 15 is 0 Å². The number of fused-ring (bicyclic) bond motifs is 1. The van der Waals surface area contributed by atoms with Crippen LogP contribution < -0.4 is 4.90 Å². The third kappa shape index (κ3) is 3.22. The summed E-state index contributed by atoms with van der Waals surface area (Å²) in [6, 6.07) is 6.70. The number of aryl methyl sites for hydroxylation is 2. The fourth-order valence-electron chi connectivity index (χ4n) is 3.66. The highest BCUT2D eigenvalue weighted by molar-refractivity contribution is 6.01. The summed E-state index contributed by atoms with van der Waals surface area (Å²) >= 11 is 0. The first-order valence-corrected chi connectivity index (χ1v) is 9.24. The fourth-order valence-corrected chi connectivity index (χ4v) is 3.66. The van der Waals surface area contributed by atoms with Crippen LogP contribution in [0.2, 0.25) is 0 Å². The van der Waals surface area contributed by atoms with Crippen LogP contribution in [0.15, 0.2) is 53.9 Å². The highest BCUT2D eigenvalue weighted by Crippen LogP contribution is 2.37. The minimum Gasteiger partial charge on any atom is -0.303 e. The van der Waals surface area contributed by atoms with E-state index in [1.54, 1.807) is 0 Å². The summed E-state index contributed by atoms with van der Waals surface area (Å²) in [7, 11) is 1.86. The van der Waals surface area contributed by atoms with Gasteiger partial charge >= 0.3 is 0 Å². The number of allylic oxidation sites excluding steroid dienone is 2. The Balaban J connectivity index is 2.11. The lowest BCUT2D eigenvalue weighted by molar-refractivity contribution is 0.867. The van der Waals surface area contributed by atoms with Gasteiger partial charge in [0.1, 0.15) is 5.84 Å². The second-order valence-electron chi connectivity index (χ2n) is 6.66. The SMILES string of the molecule is C=C1CCc2cc(-c3cncc(C)c3/C=C\C)ccc2N1C(CC)=NC. The Morgan fingerprint density at radius 1 is 1.31 bits per heavy atom. The lowest BCUT2D eigenvalue weighted by Gasteiger charge is -2.34. The third-order valence-corrected chi connectivity index (χ3v) is 4.98. The molecule has 3 rings (SSSR count). The molecule has 0 aliphatic carbocycles. The summed E-state index contributed by atoms with van der Waals surface area (Å²) in [4.78, 5) is 11.1. The molecule has 2 heterocycles. The lowest BCUT2D eigenvalue weighted by atomic mass is 9.92. The second-order valence-corrected chi connectivity index (χ2v) is 6.66. The van der Waals surface area contributed by atoms with Crippen molar-refractivity contribution in [1.82, 2.24) is 4.98 Å². The van der Waals surface area contributed by atoms with Gasteiger partial charge in [0.2, 0.25) is 0 Å². The average molecular weight is 345 g/mol. The standard InChI is InChI=1S/C23H27N3/c1-6-8-20-16(3)14-25-15-21(20)18-11-12-22-19(13-18)10-9-17(4)26(22)23(7-2)24-5/h6,8,11-15H,4,7,9-10H2,1-3,5H3/b8-6-,24-23?. The quantitative estimate of drug-likeness (QED) is 0.520. The molecule has 0 N–H and O–H groups in total. The maximum absolute atomic E-state index is 4.47. The van der Waals surface area contributed by atoms with Crippen molar-refractivity contribution >= 4 is 17.6 Å². The Bertz CT molecular complexity index is 890. The number of hydrogen-bond donors (Lipinski definition) is 0. The monoisotopic (exact) mass is 345 g/mol. The van der Waals surface area contributed by atoms with Crippen molar-refractivity contribution in [1.29, 1.82) is 0 Å². The van der Waals surface area contributed by atoms with Crippen molar-refractivity contribution in [2.75, 3.05) is 11.9 Å².